The Labute approximate surface area is 274 Å². The van der Waals surface area contributed by atoms with Crippen LogP contribution in [0.25, 0.3) is 10.1 Å². The molecular weight excluding hydrogens is 774 g/mol. The van der Waals surface area contributed by atoms with Gasteiger partial charge in [0.15, 0.2) is 0 Å². The molecular formula is C30H17Br3ClN3O4S. The molecule has 0 fully saturated rings. The normalized spacial score (nSPS) is 11.0. The highest BCUT2D eigenvalue weighted by Crippen LogP contribution is 2.37. The summed E-state index contributed by atoms with van der Waals surface area (Å²) in [4.78, 5) is 38.4. The van der Waals surface area contributed by atoms with Crippen molar-refractivity contribution < 1.29 is 19.1 Å². The molecule has 210 valence electrons. The molecule has 0 aliphatic heterocycles. The quantitative estimate of drug-likeness (QED) is 0.0745. The average Bonchev–Trinajstić information content (AvgIpc) is 3.30. The molecule has 5 rings (SSSR count). The highest BCUT2D eigenvalue weighted by Gasteiger charge is 2.20. The van der Waals surface area contributed by atoms with E-state index in [1.165, 1.54) is 17.6 Å². The lowest BCUT2D eigenvalue weighted by Gasteiger charge is -2.08. The summed E-state index contributed by atoms with van der Waals surface area (Å²) in [6.07, 6.45) is 1.38. The maximum absolute atomic E-state index is 13.0. The van der Waals surface area contributed by atoms with Crippen LogP contribution in [0.2, 0.25) is 5.02 Å². The maximum Gasteiger partial charge on any atom is 0.355 e. The van der Waals surface area contributed by atoms with Gasteiger partial charge in [0, 0.05) is 45.9 Å². The number of nitrogens with one attached hydrogen (secondary N) is 2. The minimum Gasteiger partial charge on any atom is -0.422 e. The van der Waals surface area contributed by atoms with Crippen LogP contribution in [-0.4, -0.2) is 24.0 Å². The van der Waals surface area contributed by atoms with E-state index in [0.29, 0.717) is 27.4 Å². The van der Waals surface area contributed by atoms with E-state index in [9.17, 15) is 14.4 Å². The van der Waals surface area contributed by atoms with Crippen LogP contribution in [-0.2, 0) is 0 Å². The Hall–Kier alpha value is -3.35. The number of rotatable bonds is 7. The highest BCUT2D eigenvalue weighted by atomic mass is 79.9. The van der Waals surface area contributed by atoms with E-state index in [-0.39, 0.29) is 16.5 Å². The predicted octanol–water partition coefficient (Wildman–Crippen LogP) is 9.08. The van der Waals surface area contributed by atoms with Gasteiger partial charge < -0.3 is 10.1 Å². The summed E-state index contributed by atoms with van der Waals surface area (Å²) in [7, 11) is 0. The number of hydrogen-bond donors (Lipinski definition) is 2. The van der Waals surface area contributed by atoms with Gasteiger partial charge in [-0.25, -0.2) is 10.2 Å². The van der Waals surface area contributed by atoms with Gasteiger partial charge in [0.05, 0.1) is 11.2 Å². The van der Waals surface area contributed by atoms with Gasteiger partial charge in [-0.3, -0.25) is 9.59 Å². The van der Waals surface area contributed by atoms with E-state index in [1.54, 1.807) is 66.7 Å². The lowest BCUT2D eigenvalue weighted by atomic mass is 10.1. The molecule has 5 aromatic rings. The third-order valence-corrected chi connectivity index (χ3v) is 8.98. The zero-order valence-corrected chi connectivity index (χ0v) is 27.5. The number of ether oxygens (including phenoxy) is 1. The third-order valence-electron chi connectivity index (χ3n) is 5.83. The maximum atomic E-state index is 13.0. The van der Waals surface area contributed by atoms with Crippen LogP contribution in [0.5, 0.6) is 5.75 Å². The zero-order valence-electron chi connectivity index (χ0n) is 21.2. The van der Waals surface area contributed by atoms with Crippen molar-refractivity contribution in [1.29, 1.82) is 0 Å². The van der Waals surface area contributed by atoms with Crippen LogP contribution in [0.1, 0.15) is 36.0 Å². The first-order valence-electron chi connectivity index (χ1n) is 12.1. The summed E-state index contributed by atoms with van der Waals surface area (Å²) >= 11 is 17.9. The number of carbonyl (C=O) groups is 3. The van der Waals surface area contributed by atoms with Gasteiger partial charge in [0.1, 0.15) is 10.6 Å². The van der Waals surface area contributed by atoms with Crippen molar-refractivity contribution in [1.82, 2.24) is 5.43 Å². The van der Waals surface area contributed by atoms with Crippen LogP contribution in [0, 0.1) is 0 Å². The second-order valence-corrected chi connectivity index (χ2v) is 12.9. The van der Waals surface area contributed by atoms with Gasteiger partial charge in [-0.2, -0.15) is 5.10 Å². The second-order valence-electron chi connectivity index (χ2n) is 8.69. The number of hydrazone groups is 1. The van der Waals surface area contributed by atoms with Gasteiger partial charge in [0.25, 0.3) is 11.8 Å². The van der Waals surface area contributed by atoms with E-state index < -0.39 is 11.9 Å². The number of carbonyl (C=O) groups excluding carboxylic acids is 3. The molecule has 42 heavy (non-hydrogen) atoms. The lowest BCUT2D eigenvalue weighted by Crippen LogP contribution is -2.18. The molecule has 1 heterocycles. The SMILES string of the molecule is O=C(N/N=C\c1cc(Br)ccc1OC(=O)c1sc2cc(Br)ccc2c1Cl)c1ccc(NC(=O)c2ccc(Br)cc2)cc1. The number of benzene rings is 4. The molecule has 0 aliphatic rings. The van der Waals surface area contributed by atoms with Crippen LogP contribution in [0.4, 0.5) is 5.69 Å². The summed E-state index contributed by atoms with van der Waals surface area (Å²) in [5.74, 6) is -1.10. The first-order valence-corrected chi connectivity index (χ1v) is 15.6. The topological polar surface area (TPSA) is 96.9 Å². The molecule has 1 aromatic heterocycles. The standard InChI is InChI=1S/C30H17Br3ClN3O4S/c31-19-5-1-16(2-6-19)28(38)36-22-9-3-17(4-10-22)29(39)37-35-15-18-13-20(32)8-12-24(18)41-30(40)27-26(34)23-11-7-21(33)14-25(23)42-27/h1-15H,(H,36,38)(H,37,39)/b35-15-. The summed E-state index contributed by atoms with van der Waals surface area (Å²) in [5, 5.41) is 7.92. The van der Waals surface area contributed by atoms with E-state index in [1.807, 2.05) is 18.2 Å². The van der Waals surface area contributed by atoms with Gasteiger partial charge in [-0.1, -0.05) is 65.5 Å². The van der Waals surface area contributed by atoms with Crippen molar-refractivity contribution >= 4 is 110 Å². The Morgan fingerprint density at radius 2 is 1.40 bits per heavy atom. The highest BCUT2D eigenvalue weighted by molar-refractivity contribution is 9.11. The van der Waals surface area contributed by atoms with E-state index >= 15 is 0 Å². The average molecular weight is 791 g/mol. The van der Waals surface area contributed by atoms with Gasteiger partial charge >= 0.3 is 5.97 Å². The van der Waals surface area contributed by atoms with Crippen molar-refractivity contribution in [3.63, 3.8) is 0 Å². The van der Waals surface area contributed by atoms with Gasteiger partial charge in [-0.15, -0.1) is 11.3 Å². The smallest absolute Gasteiger partial charge is 0.355 e. The van der Waals surface area contributed by atoms with Crippen molar-refractivity contribution in [2.24, 2.45) is 5.10 Å². The van der Waals surface area contributed by atoms with Crippen LogP contribution < -0.4 is 15.5 Å². The van der Waals surface area contributed by atoms with Crippen molar-refractivity contribution in [2.45, 2.75) is 0 Å². The van der Waals surface area contributed by atoms with E-state index in [2.05, 4.69) is 63.6 Å². The summed E-state index contributed by atoms with van der Waals surface area (Å²) in [5.41, 5.74) is 4.29. The molecule has 7 nitrogen and oxygen atoms in total. The van der Waals surface area contributed by atoms with Crippen LogP contribution in [0.3, 0.4) is 0 Å². The van der Waals surface area contributed by atoms with Gasteiger partial charge in [-0.05, 0) is 78.9 Å². The molecule has 0 atom stereocenters. The molecule has 0 saturated heterocycles. The Bertz CT molecular complexity index is 1860. The summed E-state index contributed by atoms with van der Waals surface area (Å²) < 4.78 is 8.99. The molecule has 2 N–H and O–H groups in total. The molecule has 0 saturated carbocycles. The van der Waals surface area contributed by atoms with Crippen molar-refractivity contribution in [3.05, 3.63) is 125 Å². The predicted molar refractivity (Wildman–Crippen MR) is 177 cm³/mol. The molecule has 12 heteroatoms. The minimum atomic E-state index is -0.606. The summed E-state index contributed by atoms with van der Waals surface area (Å²) in [6, 6.07) is 24.0. The molecule has 2 amide bonds. The number of fused-ring (bicyclic) bond motifs is 1. The second kappa shape index (κ2) is 13.3. The number of thiophene rings is 1. The molecule has 0 spiro atoms. The van der Waals surface area contributed by atoms with Crippen molar-refractivity contribution in [3.8, 4) is 5.75 Å². The fourth-order valence-corrected chi connectivity index (χ4v) is 6.34. The van der Waals surface area contributed by atoms with E-state index in [4.69, 9.17) is 16.3 Å². The Morgan fingerprint density at radius 3 is 2.14 bits per heavy atom. The number of hydrogen-bond acceptors (Lipinski definition) is 6. The first-order chi connectivity index (χ1) is 20.2. The number of halogens is 4. The Morgan fingerprint density at radius 1 is 0.786 bits per heavy atom. The number of amides is 2. The number of nitrogens with zero attached hydrogens (tertiary/aromatic N) is 1. The summed E-state index contributed by atoms with van der Waals surface area (Å²) in [6.45, 7) is 0. The molecule has 0 radical (unpaired) electrons. The van der Waals surface area contributed by atoms with E-state index in [0.717, 1.165) is 23.5 Å². The Kier molecular flexibility index (Phi) is 9.54. The minimum absolute atomic E-state index is 0.238. The Balaban J connectivity index is 1.24. The largest absolute Gasteiger partial charge is 0.422 e. The third kappa shape index (κ3) is 7.16. The first kappa shape index (κ1) is 30.1. The molecule has 0 bridgehead atoms. The number of anilines is 1. The number of esters is 1. The fraction of sp³-hybridized carbons (Fsp3) is 0. The van der Waals surface area contributed by atoms with Crippen molar-refractivity contribution in [2.75, 3.05) is 5.32 Å². The molecule has 0 aliphatic carbocycles. The monoisotopic (exact) mass is 787 g/mol. The lowest BCUT2D eigenvalue weighted by molar-refractivity contribution is 0.0739. The molecule has 0 unspecified atom stereocenters. The van der Waals surface area contributed by atoms with Crippen LogP contribution >= 0.6 is 70.7 Å². The molecule has 4 aromatic carbocycles. The van der Waals surface area contributed by atoms with Crippen LogP contribution in [0.15, 0.2) is 103 Å². The fourth-order valence-electron chi connectivity index (χ4n) is 3.76. The zero-order chi connectivity index (χ0) is 29.8. The van der Waals surface area contributed by atoms with Gasteiger partial charge in [0.2, 0.25) is 0 Å².